The average Bonchev–Trinajstić information content (AvgIpc) is 3.24. The summed E-state index contributed by atoms with van der Waals surface area (Å²) in [4.78, 5) is 21.5. The van der Waals surface area contributed by atoms with E-state index >= 15 is 0 Å². The summed E-state index contributed by atoms with van der Waals surface area (Å²) in [7, 11) is 0. The summed E-state index contributed by atoms with van der Waals surface area (Å²) in [6.07, 6.45) is 5.62. The number of nitrogens with zero attached hydrogens (tertiary/aromatic N) is 1. The number of carboxylic acids is 2. The van der Waals surface area contributed by atoms with Crippen molar-refractivity contribution in [2.45, 2.75) is 37.8 Å². The van der Waals surface area contributed by atoms with E-state index in [-0.39, 0.29) is 0 Å². The molecule has 35 heavy (non-hydrogen) atoms. The van der Waals surface area contributed by atoms with Gasteiger partial charge in [-0.3, -0.25) is 0 Å². The zero-order valence-electron chi connectivity index (χ0n) is 19.3. The van der Waals surface area contributed by atoms with Gasteiger partial charge in [-0.1, -0.05) is 23.7 Å². The molecule has 2 aliphatic heterocycles. The predicted molar refractivity (Wildman–Crippen MR) is 133 cm³/mol. The number of hydrogen-bond donors (Lipinski definition) is 3. The van der Waals surface area contributed by atoms with Gasteiger partial charge in [-0.2, -0.15) is 0 Å². The number of carboxylic acid groups (broad SMARTS) is 2. The molecule has 0 saturated carbocycles. The van der Waals surface area contributed by atoms with Crippen LogP contribution in [0.4, 0.5) is 5.69 Å². The highest BCUT2D eigenvalue weighted by molar-refractivity contribution is 6.30. The zero-order valence-corrected chi connectivity index (χ0v) is 20.0. The van der Waals surface area contributed by atoms with Crippen molar-refractivity contribution in [2.75, 3.05) is 31.2 Å². The molecule has 3 N–H and O–H groups in total. The minimum absolute atomic E-state index is 0.538. The highest BCUT2D eigenvalue weighted by atomic mass is 35.5. The second kappa shape index (κ2) is 11.5. The summed E-state index contributed by atoms with van der Waals surface area (Å²) < 4.78 is 11.6. The fourth-order valence-electron chi connectivity index (χ4n) is 4.77. The third kappa shape index (κ3) is 6.68. The Hall–Kier alpha value is -3.23. The Morgan fingerprint density at radius 3 is 2.34 bits per heavy atom. The van der Waals surface area contributed by atoms with E-state index in [0.717, 1.165) is 55.3 Å². The standard InChI is InChI=1S/C22H25ClN2O2.C4H4O4/c23-17-5-4-15-13-19(14-16(15)12-17)24-18-6-8-25(9-7-18)20-2-1-3-21-22(20)27-11-10-26-21;5-3(6)1-2-4(7)8/h1-5,12,18-19,24H,6-11,13-14H2;1-2H,(H,5,6)(H,7,8)/b;2-1+. The summed E-state index contributed by atoms with van der Waals surface area (Å²) in [5.41, 5.74) is 4.03. The normalized spacial score (nSPS) is 19.1. The molecule has 0 aromatic heterocycles. The molecular formula is C26H29ClN2O6. The number of rotatable bonds is 5. The first kappa shape index (κ1) is 24.9. The number of para-hydroxylation sites is 1. The first-order valence-electron chi connectivity index (χ1n) is 11.7. The molecule has 2 heterocycles. The number of hydrogen-bond acceptors (Lipinski definition) is 6. The molecule has 5 rings (SSSR count). The molecule has 9 heteroatoms. The van der Waals surface area contributed by atoms with Gasteiger partial charge in [-0.15, -0.1) is 0 Å². The average molecular weight is 501 g/mol. The molecule has 0 bridgehead atoms. The predicted octanol–water partition coefficient (Wildman–Crippen LogP) is 3.55. The Morgan fingerprint density at radius 2 is 1.63 bits per heavy atom. The van der Waals surface area contributed by atoms with Crippen LogP contribution in [0, 0.1) is 0 Å². The van der Waals surface area contributed by atoms with E-state index in [2.05, 4.69) is 34.5 Å². The Morgan fingerprint density at radius 1 is 0.943 bits per heavy atom. The molecule has 8 nitrogen and oxygen atoms in total. The van der Waals surface area contributed by atoms with Crippen molar-refractivity contribution in [3.8, 4) is 11.5 Å². The van der Waals surface area contributed by atoms with Gasteiger partial charge >= 0.3 is 11.9 Å². The number of anilines is 1. The molecule has 1 atom stereocenters. The summed E-state index contributed by atoms with van der Waals surface area (Å²) in [5.74, 6) is -0.723. The SMILES string of the molecule is Clc1ccc2c(c1)CC(NC1CCN(c3cccc4c3OCCO4)CC1)C2.O=C(O)/C=C/C(=O)O. The first-order valence-corrected chi connectivity index (χ1v) is 12.1. The molecule has 1 saturated heterocycles. The maximum atomic E-state index is 9.55. The maximum absolute atomic E-state index is 9.55. The molecule has 1 unspecified atom stereocenters. The Kier molecular flexibility index (Phi) is 8.15. The smallest absolute Gasteiger partial charge is 0.328 e. The number of ether oxygens (including phenoxy) is 2. The maximum Gasteiger partial charge on any atom is 0.328 e. The van der Waals surface area contributed by atoms with Crippen molar-refractivity contribution in [3.63, 3.8) is 0 Å². The van der Waals surface area contributed by atoms with Gasteiger partial charge in [0.2, 0.25) is 0 Å². The highest BCUT2D eigenvalue weighted by Gasteiger charge is 2.28. The number of halogens is 1. The van der Waals surface area contributed by atoms with Crippen LogP contribution in [0.2, 0.25) is 5.02 Å². The van der Waals surface area contributed by atoms with Crippen molar-refractivity contribution in [1.29, 1.82) is 0 Å². The van der Waals surface area contributed by atoms with Gasteiger partial charge in [0, 0.05) is 42.3 Å². The second-order valence-electron chi connectivity index (χ2n) is 8.76. The largest absolute Gasteiger partial charge is 0.486 e. The van der Waals surface area contributed by atoms with Crippen LogP contribution in [0.3, 0.4) is 0 Å². The van der Waals surface area contributed by atoms with Crippen LogP contribution in [0.15, 0.2) is 48.6 Å². The van der Waals surface area contributed by atoms with E-state index in [9.17, 15) is 9.59 Å². The van der Waals surface area contributed by atoms with Crippen LogP contribution in [0.1, 0.15) is 24.0 Å². The minimum Gasteiger partial charge on any atom is -0.486 e. The van der Waals surface area contributed by atoms with Gasteiger partial charge in [0.25, 0.3) is 0 Å². The molecule has 0 spiro atoms. The van der Waals surface area contributed by atoms with Gasteiger partial charge in [-0.05, 0) is 61.1 Å². The number of benzene rings is 2. The van der Waals surface area contributed by atoms with Crippen LogP contribution < -0.4 is 19.7 Å². The quantitative estimate of drug-likeness (QED) is 0.535. The molecule has 1 aliphatic carbocycles. The molecule has 2 aromatic rings. The first-order chi connectivity index (χ1) is 16.9. The molecule has 3 aliphatic rings. The fraction of sp³-hybridized carbons (Fsp3) is 0.385. The van der Waals surface area contributed by atoms with Gasteiger partial charge in [-0.25, -0.2) is 9.59 Å². The van der Waals surface area contributed by atoms with Crippen LogP contribution in [-0.4, -0.2) is 60.5 Å². The summed E-state index contributed by atoms with van der Waals surface area (Å²) in [6.45, 7) is 3.36. The van der Waals surface area contributed by atoms with E-state index in [1.807, 2.05) is 12.1 Å². The molecule has 0 amide bonds. The van der Waals surface area contributed by atoms with Gasteiger partial charge in [0.05, 0.1) is 5.69 Å². The zero-order chi connectivity index (χ0) is 24.8. The van der Waals surface area contributed by atoms with Crippen molar-refractivity contribution in [2.24, 2.45) is 0 Å². The van der Waals surface area contributed by atoms with Crippen molar-refractivity contribution < 1.29 is 29.3 Å². The number of carbonyl (C=O) groups is 2. The lowest BCUT2D eigenvalue weighted by molar-refractivity contribution is -0.134. The summed E-state index contributed by atoms with van der Waals surface area (Å²) >= 11 is 6.14. The lowest BCUT2D eigenvalue weighted by Crippen LogP contribution is -2.46. The third-order valence-corrected chi connectivity index (χ3v) is 6.56. The van der Waals surface area contributed by atoms with Crippen LogP contribution in [-0.2, 0) is 22.4 Å². The van der Waals surface area contributed by atoms with E-state index in [1.165, 1.54) is 16.8 Å². The van der Waals surface area contributed by atoms with E-state index < -0.39 is 11.9 Å². The Bertz CT molecular complexity index is 1080. The van der Waals surface area contributed by atoms with E-state index in [4.69, 9.17) is 31.3 Å². The van der Waals surface area contributed by atoms with E-state index in [1.54, 1.807) is 0 Å². The van der Waals surface area contributed by atoms with Gasteiger partial charge < -0.3 is 29.9 Å². The Labute approximate surface area is 209 Å². The number of nitrogens with one attached hydrogen (secondary N) is 1. The monoisotopic (exact) mass is 500 g/mol. The third-order valence-electron chi connectivity index (χ3n) is 6.32. The van der Waals surface area contributed by atoms with Gasteiger partial charge in [0.1, 0.15) is 13.2 Å². The van der Waals surface area contributed by atoms with E-state index in [0.29, 0.717) is 37.4 Å². The minimum atomic E-state index is -1.26. The topological polar surface area (TPSA) is 108 Å². The lowest BCUT2D eigenvalue weighted by Gasteiger charge is -2.36. The number of fused-ring (bicyclic) bond motifs is 2. The molecule has 2 aromatic carbocycles. The van der Waals surface area contributed by atoms with Gasteiger partial charge in [0.15, 0.2) is 11.5 Å². The number of piperidine rings is 1. The summed E-state index contributed by atoms with van der Waals surface area (Å²) in [5, 5.41) is 20.4. The highest BCUT2D eigenvalue weighted by Crippen LogP contribution is 2.40. The van der Waals surface area contributed by atoms with Crippen LogP contribution in [0.25, 0.3) is 0 Å². The summed E-state index contributed by atoms with van der Waals surface area (Å²) in [6, 6.07) is 13.6. The van der Waals surface area contributed by atoms with Crippen LogP contribution in [0.5, 0.6) is 11.5 Å². The molecule has 186 valence electrons. The Balaban J connectivity index is 0.000000314. The van der Waals surface area contributed by atoms with Crippen molar-refractivity contribution in [3.05, 3.63) is 64.7 Å². The molecule has 1 fully saturated rings. The molecule has 0 radical (unpaired) electrons. The molecular weight excluding hydrogens is 472 g/mol. The number of aliphatic carboxylic acids is 2. The van der Waals surface area contributed by atoms with Crippen molar-refractivity contribution in [1.82, 2.24) is 5.32 Å². The fourth-order valence-corrected chi connectivity index (χ4v) is 4.97. The van der Waals surface area contributed by atoms with Crippen LogP contribution >= 0.6 is 11.6 Å². The second-order valence-corrected chi connectivity index (χ2v) is 9.19. The lowest BCUT2D eigenvalue weighted by atomic mass is 10.0. The van der Waals surface area contributed by atoms with Crippen molar-refractivity contribution >= 4 is 29.2 Å².